The van der Waals surface area contributed by atoms with Gasteiger partial charge < -0.3 is 10.6 Å². The van der Waals surface area contributed by atoms with Crippen molar-refractivity contribution in [2.24, 2.45) is 5.73 Å². The van der Waals surface area contributed by atoms with Crippen molar-refractivity contribution in [3.8, 4) is 0 Å². The van der Waals surface area contributed by atoms with Crippen LogP contribution in [0.4, 0.5) is 5.69 Å². The monoisotopic (exact) mass is 269 g/mol. The van der Waals surface area contributed by atoms with E-state index in [1.807, 2.05) is 0 Å². The molecular formula is C17H23N3. The lowest BCUT2D eigenvalue weighted by atomic mass is 9.97. The van der Waals surface area contributed by atoms with Crippen molar-refractivity contribution in [3.63, 3.8) is 0 Å². The maximum absolute atomic E-state index is 5.80. The van der Waals surface area contributed by atoms with E-state index in [-0.39, 0.29) is 0 Å². The third-order valence-corrected chi connectivity index (χ3v) is 4.26. The van der Waals surface area contributed by atoms with Crippen molar-refractivity contribution in [2.45, 2.75) is 38.6 Å². The number of nitrogens with zero attached hydrogens (tertiary/aromatic N) is 2. The summed E-state index contributed by atoms with van der Waals surface area (Å²) in [5, 5.41) is 1.27. The first-order valence-electron chi connectivity index (χ1n) is 7.62. The molecule has 0 aliphatic carbocycles. The van der Waals surface area contributed by atoms with E-state index >= 15 is 0 Å². The second-order valence-electron chi connectivity index (χ2n) is 5.72. The van der Waals surface area contributed by atoms with Gasteiger partial charge in [0.2, 0.25) is 0 Å². The summed E-state index contributed by atoms with van der Waals surface area (Å²) in [6.45, 7) is 3.99. The molecule has 3 rings (SSSR count). The van der Waals surface area contributed by atoms with E-state index in [1.54, 1.807) is 0 Å². The fraction of sp³-hybridized carbons (Fsp3) is 0.471. The lowest BCUT2D eigenvalue weighted by Crippen LogP contribution is -2.41. The smallest absolute Gasteiger partial charge is 0.0726 e. The zero-order valence-electron chi connectivity index (χ0n) is 12.2. The first kappa shape index (κ1) is 13.4. The topological polar surface area (TPSA) is 42.1 Å². The van der Waals surface area contributed by atoms with Gasteiger partial charge in [0.15, 0.2) is 0 Å². The normalized spacial score (nSPS) is 19.5. The second-order valence-corrected chi connectivity index (χ2v) is 5.72. The Balaban J connectivity index is 2.07. The molecule has 2 heterocycles. The number of nitrogens with two attached hydrogens (primary N) is 1. The van der Waals surface area contributed by atoms with Crippen LogP contribution in [0.15, 0.2) is 30.3 Å². The summed E-state index contributed by atoms with van der Waals surface area (Å²) in [5.41, 5.74) is 9.33. The van der Waals surface area contributed by atoms with E-state index in [9.17, 15) is 0 Å². The van der Waals surface area contributed by atoms with E-state index in [0.717, 1.165) is 30.7 Å². The van der Waals surface area contributed by atoms with Gasteiger partial charge in [0.05, 0.1) is 5.52 Å². The van der Waals surface area contributed by atoms with E-state index in [1.165, 1.54) is 30.3 Å². The quantitative estimate of drug-likeness (QED) is 0.930. The number of benzene rings is 1. The molecule has 0 spiro atoms. The number of anilines is 1. The van der Waals surface area contributed by atoms with Gasteiger partial charge in [0, 0.05) is 29.4 Å². The first-order valence-corrected chi connectivity index (χ1v) is 7.62. The Kier molecular flexibility index (Phi) is 3.88. The van der Waals surface area contributed by atoms with Crippen molar-refractivity contribution < 1.29 is 0 Å². The van der Waals surface area contributed by atoms with Gasteiger partial charge in [-0.25, -0.2) is 0 Å². The van der Waals surface area contributed by atoms with Crippen LogP contribution in [-0.4, -0.2) is 24.1 Å². The van der Waals surface area contributed by atoms with Crippen LogP contribution in [0.25, 0.3) is 10.9 Å². The van der Waals surface area contributed by atoms with E-state index in [0.29, 0.717) is 6.04 Å². The van der Waals surface area contributed by atoms with Crippen molar-refractivity contribution in [3.05, 3.63) is 36.0 Å². The van der Waals surface area contributed by atoms with Crippen molar-refractivity contribution in [2.75, 3.05) is 18.0 Å². The van der Waals surface area contributed by atoms with Crippen LogP contribution >= 0.6 is 0 Å². The Labute approximate surface area is 120 Å². The molecular weight excluding hydrogens is 246 g/mol. The fourth-order valence-corrected chi connectivity index (χ4v) is 3.33. The van der Waals surface area contributed by atoms with Gasteiger partial charge >= 0.3 is 0 Å². The molecule has 1 unspecified atom stereocenters. The SMILES string of the molecule is Cc1cc(N2CCCCC2CCN)c2ccccc2n1. The van der Waals surface area contributed by atoms with Crippen LogP contribution in [-0.2, 0) is 0 Å². The number of pyridine rings is 1. The highest BCUT2D eigenvalue weighted by molar-refractivity contribution is 5.92. The summed E-state index contributed by atoms with van der Waals surface area (Å²) in [5.74, 6) is 0. The number of aryl methyl sites for hydroxylation is 1. The van der Waals surface area contributed by atoms with Crippen LogP contribution in [0, 0.1) is 6.92 Å². The Hall–Kier alpha value is -1.61. The highest BCUT2D eigenvalue weighted by Crippen LogP contribution is 2.32. The minimum absolute atomic E-state index is 0.582. The third-order valence-electron chi connectivity index (χ3n) is 4.26. The van der Waals surface area contributed by atoms with Gasteiger partial charge in [-0.1, -0.05) is 18.2 Å². The standard InChI is InChI=1S/C17H23N3/c1-13-12-17(15-7-2-3-8-16(15)19-13)20-11-5-4-6-14(20)9-10-18/h2-3,7-8,12,14H,4-6,9-11,18H2,1H3. The van der Waals surface area contributed by atoms with E-state index in [2.05, 4.69) is 47.1 Å². The predicted octanol–water partition coefficient (Wildman–Crippen LogP) is 3.25. The fourth-order valence-electron chi connectivity index (χ4n) is 3.33. The summed E-state index contributed by atoms with van der Waals surface area (Å²) in [7, 11) is 0. The Morgan fingerprint density at radius 2 is 2.15 bits per heavy atom. The highest BCUT2D eigenvalue weighted by atomic mass is 15.2. The minimum Gasteiger partial charge on any atom is -0.368 e. The van der Waals surface area contributed by atoms with Gasteiger partial charge in [-0.15, -0.1) is 0 Å². The largest absolute Gasteiger partial charge is 0.368 e. The molecule has 1 atom stereocenters. The molecule has 2 N–H and O–H groups in total. The molecule has 0 radical (unpaired) electrons. The average molecular weight is 269 g/mol. The zero-order chi connectivity index (χ0) is 13.9. The molecule has 1 aromatic carbocycles. The minimum atomic E-state index is 0.582. The number of rotatable bonds is 3. The molecule has 1 fully saturated rings. The first-order chi connectivity index (χ1) is 9.79. The van der Waals surface area contributed by atoms with Crippen LogP contribution in [0.5, 0.6) is 0 Å². The molecule has 106 valence electrons. The van der Waals surface area contributed by atoms with E-state index in [4.69, 9.17) is 5.73 Å². The molecule has 3 heteroatoms. The molecule has 20 heavy (non-hydrogen) atoms. The molecule has 1 aliphatic heterocycles. The summed E-state index contributed by atoms with van der Waals surface area (Å²) in [4.78, 5) is 7.21. The number of para-hydroxylation sites is 1. The highest BCUT2D eigenvalue weighted by Gasteiger charge is 2.23. The van der Waals surface area contributed by atoms with Gasteiger partial charge in [0.1, 0.15) is 0 Å². The van der Waals surface area contributed by atoms with Crippen molar-refractivity contribution in [1.29, 1.82) is 0 Å². The van der Waals surface area contributed by atoms with Crippen molar-refractivity contribution >= 4 is 16.6 Å². The number of piperidine rings is 1. The molecule has 3 nitrogen and oxygen atoms in total. The Morgan fingerprint density at radius 1 is 1.30 bits per heavy atom. The third kappa shape index (κ3) is 2.50. The summed E-state index contributed by atoms with van der Waals surface area (Å²) < 4.78 is 0. The maximum atomic E-state index is 5.80. The van der Waals surface area contributed by atoms with Crippen LogP contribution in [0.2, 0.25) is 0 Å². The summed E-state index contributed by atoms with van der Waals surface area (Å²) >= 11 is 0. The van der Waals surface area contributed by atoms with Crippen LogP contribution in [0.3, 0.4) is 0 Å². The summed E-state index contributed by atoms with van der Waals surface area (Å²) in [6.07, 6.45) is 4.93. The van der Waals surface area contributed by atoms with Crippen molar-refractivity contribution in [1.82, 2.24) is 4.98 Å². The van der Waals surface area contributed by atoms with Gasteiger partial charge in [-0.05, 0) is 51.3 Å². The predicted molar refractivity (Wildman–Crippen MR) is 85.1 cm³/mol. The molecule has 0 saturated carbocycles. The molecule has 1 aromatic heterocycles. The second kappa shape index (κ2) is 5.80. The average Bonchev–Trinajstić information content (AvgIpc) is 2.47. The van der Waals surface area contributed by atoms with E-state index < -0.39 is 0 Å². The van der Waals surface area contributed by atoms with Crippen LogP contribution < -0.4 is 10.6 Å². The lowest BCUT2D eigenvalue weighted by Gasteiger charge is -2.38. The number of fused-ring (bicyclic) bond motifs is 1. The zero-order valence-corrected chi connectivity index (χ0v) is 12.2. The Bertz CT molecular complexity index is 592. The Morgan fingerprint density at radius 3 is 3.00 bits per heavy atom. The van der Waals surface area contributed by atoms with Gasteiger partial charge in [-0.3, -0.25) is 4.98 Å². The molecule has 1 aliphatic rings. The molecule has 0 bridgehead atoms. The number of hydrogen-bond donors (Lipinski definition) is 1. The molecule has 1 saturated heterocycles. The maximum Gasteiger partial charge on any atom is 0.0726 e. The molecule has 2 aromatic rings. The number of aromatic nitrogens is 1. The van der Waals surface area contributed by atoms with Gasteiger partial charge in [0.25, 0.3) is 0 Å². The summed E-state index contributed by atoms with van der Waals surface area (Å²) in [6, 6.07) is 11.3. The number of hydrogen-bond acceptors (Lipinski definition) is 3. The molecule has 0 amide bonds. The van der Waals surface area contributed by atoms with Gasteiger partial charge in [-0.2, -0.15) is 0 Å². The van der Waals surface area contributed by atoms with Crippen LogP contribution in [0.1, 0.15) is 31.4 Å². The lowest BCUT2D eigenvalue weighted by molar-refractivity contribution is 0.442.